The number of benzene rings is 1. The summed E-state index contributed by atoms with van der Waals surface area (Å²) in [6.07, 6.45) is 3.17. The highest BCUT2D eigenvalue weighted by molar-refractivity contribution is 5.33. The summed E-state index contributed by atoms with van der Waals surface area (Å²) in [5.41, 5.74) is 0.314. The fourth-order valence-electron chi connectivity index (χ4n) is 1.57. The van der Waals surface area contributed by atoms with Crippen LogP contribution in [0.15, 0.2) is 36.9 Å². The van der Waals surface area contributed by atoms with Crippen molar-refractivity contribution in [2.45, 2.75) is 45.3 Å². The minimum absolute atomic E-state index is 0.163. The van der Waals surface area contributed by atoms with Gasteiger partial charge in [-0.2, -0.15) is 0 Å². The van der Waals surface area contributed by atoms with E-state index in [9.17, 15) is 5.11 Å². The van der Waals surface area contributed by atoms with Crippen LogP contribution in [-0.2, 0) is 6.42 Å². The lowest BCUT2D eigenvalue weighted by molar-refractivity contribution is 0.102. The van der Waals surface area contributed by atoms with E-state index in [1.165, 1.54) is 0 Å². The second-order valence-electron chi connectivity index (χ2n) is 4.84. The third-order valence-electron chi connectivity index (χ3n) is 2.68. The molecular formula is C15H22O2. The molecule has 0 spiro atoms. The van der Waals surface area contributed by atoms with Gasteiger partial charge in [0, 0.05) is 0 Å². The molecule has 0 aliphatic heterocycles. The first kappa shape index (κ1) is 13.8. The van der Waals surface area contributed by atoms with E-state index in [1.807, 2.05) is 38.1 Å². The lowest BCUT2D eigenvalue weighted by atomic mass is 9.96. The van der Waals surface area contributed by atoms with Crippen LogP contribution in [-0.4, -0.2) is 16.8 Å². The van der Waals surface area contributed by atoms with Gasteiger partial charge in [0.2, 0.25) is 0 Å². The first-order valence-corrected chi connectivity index (χ1v) is 6.05. The van der Waals surface area contributed by atoms with E-state index in [0.717, 1.165) is 17.7 Å². The summed E-state index contributed by atoms with van der Waals surface area (Å²) in [6, 6.07) is 7.97. The van der Waals surface area contributed by atoms with Crippen molar-refractivity contribution in [3.8, 4) is 5.75 Å². The summed E-state index contributed by atoms with van der Waals surface area (Å²) < 4.78 is 5.74. The molecule has 1 unspecified atom stereocenters. The van der Waals surface area contributed by atoms with E-state index >= 15 is 0 Å². The van der Waals surface area contributed by atoms with Gasteiger partial charge >= 0.3 is 0 Å². The average Bonchev–Trinajstić information content (AvgIpc) is 2.27. The van der Waals surface area contributed by atoms with Gasteiger partial charge in [-0.05, 0) is 45.2 Å². The second kappa shape index (κ2) is 5.87. The molecule has 1 aromatic carbocycles. The van der Waals surface area contributed by atoms with E-state index in [2.05, 4.69) is 6.58 Å². The molecular weight excluding hydrogens is 212 g/mol. The van der Waals surface area contributed by atoms with Crippen molar-refractivity contribution in [3.05, 3.63) is 42.5 Å². The maximum absolute atomic E-state index is 9.90. The predicted molar refractivity (Wildman–Crippen MR) is 71.3 cm³/mol. The zero-order valence-corrected chi connectivity index (χ0v) is 10.9. The van der Waals surface area contributed by atoms with Crippen molar-refractivity contribution in [2.24, 2.45) is 0 Å². The van der Waals surface area contributed by atoms with Gasteiger partial charge in [-0.25, -0.2) is 0 Å². The highest BCUT2D eigenvalue weighted by Crippen LogP contribution is 2.23. The normalized spacial score (nSPS) is 14.4. The van der Waals surface area contributed by atoms with Crippen molar-refractivity contribution >= 4 is 0 Å². The number of rotatable bonds is 6. The lowest BCUT2D eigenvalue weighted by Gasteiger charge is -2.20. The van der Waals surface area contributed by atoms with Gasteiger partial charge in [-0.1, -0.05) is 24.3 Å². The topological polar surface area (TPSA) is 29.5 Å². The van der Waals surface area contributed by atoms with Crippen molar-refractivity contribution < 1.29 is 9.84 Å². The third kappa shape index (κ3) is 4.61. The molecule has 0 radical (unpaired) electrons. The number of aryl methyl sites for hydroxylation is 1. The summed E-state index contributed by atoms with van der Waals surface area (Å²) in [5, 5.41) is 9.90. The Morgan fingerprint density at radius 2 is 2.06 bits per heavy atom. The quantitative estimate of drug-likeness (QED) is 0.765. The second-order valence-corrected chi connectivity index (χ2v) is 4.84. The van der Waals surface area contributed by atoms with Crippen molar-refractivity contribution in [1.29, 1.82) is 0 Å². The van der Waals surface area contributed by atoms with E-state index in [4.69, 9.17) is 4.74 Å². The smallest absolute Gasteiger partial charge is 0.122 e. The molecule has 94 valence electrons. The lowest BCUT2D eigenvalue weighted by Crippen LogP contribution is -2.21. The summed E-state index contributed by atoms with van der Waals surface area (Å²) in [7, 11) is 0. The van der Waals surface area contributed by atoms with Gasteiger partial charge in [0.25, 0.3) is 0 Å². The van der Waals surface area contributed by atoms with Gasteiger partial charge < -0.3 is 9.84 Å². The van der Waals surface area contributed by atoms with Gasteiger partial charge in [-0.3, -0.25) is 0 Å². The molecule has 0 aliphatic rings. The molecule has 0 aliphatic carbocycles. The molecule has 0 bridgehead atoms. The molecule has 1 atom stereocenters. The molecule has 0 heterocycles. The Morgan fingerprint density at radius 3 is 2.65 bits per heavy atom. The van der Waals surface area contributed by atoms with Crippen molar-refractivity contribution in [2.75, 3.05) is 0 Å². The molecule has 1 N–H and O–H groups in total. The molecule has 2 nitrogen and oxygen atoms in total. The third-order valence-corrected chi connectivity index (χ3v) is 2.68. The Hall–Kier alpha value is -1.28. The molecule has 0 saturated heterocycles. The highest BCUT2D eigenvalue weighted by Gasteiger charge is 2.16. The van der Waals surface area contributed by atoms with E-state index < -0.39 is 5.60 Å². The van der Waals surface area contributed by atoms with Gasteiger partial charge in [-0.15, -0.1) is 6.58 Å². The van der Waals surface area contributed by atoms with Crippen LogP contribution in [0.4, 0.5) is 0 Å². The largest absolute Gasteiger partial charge is 0.491 e. The Balaban J connectivity index is 2.73. The SMILES string of the molecule is C=CC(C)(O)CCc1ccccc1OC(C)C. The van der Waals surface area contributed by atoms with Crippen LogP contribution in [0.2, 0.25) is 0 Å². The van der Waals surface area contributed by atoms with Gasteiger partial charge in [0.1, 0.15) is 5.75 Å². The summed E-state index contributed by atoms with van der Waals surface area (Å²) >= 11 is 0. The standard InChI is InChI=1S/C15H22O2/c1-5-15(4,16)11-10-13-8-6-7-9-14(13)17-12(2)3/h5-9,12,16H,1,10-11H2,2-4H3. The van der Waals surface area contributed by atoms with Crippen LogP contribution in [0.1, 0.15) is 32.8 Å². The van der Waals surface area contributed by atoms with Crippen LogP contribution in [0, 0.1) is 0 Å². The Bertz CT molecular complexity index is 367. The van der Waals surface area contributed by atoms with E-state index in [1.54, 1.807) is 13.0 Å². The van der Waals surface area contributed by atoms with Crippen LogP contribution in [0.5, 0.6) is 5.75 Å². The fourth-order valence-corrected chi connectivity index (χ4v) is 1.57. The zero-order valence-electron chi connectivity index (χ0n) is 10.9. The van der Waals surface area contributed by atoms with E-state index in [0.29, 0.717) is 6.42 Å². The fraction of sp³-hybridized carbons (Fsp3) is 0.467. The monoisotopic (exact) mass is 234 g/mol. The van der Waals surface area contributed by atoms with Crippen molar-refractivity contribution in [1.82, 2.24) is 0 Å². The number of hydrogen-bond acceptors (Lipinski definition) is 2. The van der Waals surface area contributed by atoms with Gasteiger partial charge in [0.15, 0.2) is 0 Å². The summed E-state index contributed by atoms with van der Waals surface area (Å²) in [5.74, 6) is 0.905. The van der Waals surface area contributed by atoms with Crippen LogP contribution in [0.3, 0.4) is 0 Å². The molecule has 0 fully saturated rings. The first-order chi connectivity index (χ1) is 7.94. The number of aliphatic hydroxyl groups is 1. The van der Waals surface area contributed by atoms with Gasteiger partial charge in [0.05, 0.1) is 11.7 Å². The molecule has 0 aromatic heterocycles. The van der Waals surface area contributed by atoms with Crippen LogP contribution >= 0.6 is 0 Å². The van der Waals surface area contributed by atoms with Crippen LogP contribution < -0.4 is 4.74 Å². The number of para-hydroxylation sites is 1. The zero-order chi connectivity index (χ0) is 12.9. The minimum Gasteiger partial charge on any atom is -0.491 e. The molecule has 17 heavy (non-hydrogen) atoms. The molecule has 1 aromatic rings. The Morgan fingerprint density at radius 1 is 1.41 bits per heavy atom. The molecule has 2 heteroatoms. The highest BCUT2D eigenvalue weighted by atomic mass is 16.5. The van der Waals surface area contributed by atoms with Crippen LogP contribution in [0.25, 0.3) is 0 Å². The maximum Gasteiger partial charge on any atom is 0.122 e. The number of ether oxygens (including phenoxy) is 1. The summed E-state index contributed by atoms with van der Waals surface area (Å²) in [6.45, 7) is 9.43. The Kier molecular flexibility index (Phi) is 4.76. The molecule has 1 rings (SSSR count). The van der Waals surface area contributed by atoms with E-state index in [-0.39, 0.29) is 6.10 Å². The Labute approximate surface area is 104 Å². The summed E-state index contributed by atoms with van der Waals surface area (Å²) in [4.78, 5) is 0. The molecule has 0 saturated carbocycles. The predicted octanol–water partition coefficient (Wildman–Crippen LogP) is 3.34. The number of hydrogen-bond donors (Lipinski definition) is 1. The molecule has 0 amide bonds. The minimum atomic E-state index is -0.815. The average molecular weight is 234 g/mol. The van der Waals surface area contributed by atoms with Crippen molar-refractivity contribution in [3.63, 3.8) is 0 Å². The maximum atomic E-state index is 9.90. The first-order valence-electron chi connectivity index (χ1n) is 6.05.